The number of rotatable bonds is 5. The summed E-state index contributed by atoms with van der Waals surface area (Å²) in [6, 6.07) is 4.61. The van der Waals surface area contributed by atoms with E-state index in [2.05, 4.69) is 40.8 Å². The summed E-state index contributed by atoms with van der Waals surface area (Å²) in [5, 5.41) is 14.1. The van der Waals surface area contributed by atoms with Crippen molar-refractivity contribution in [3.8, 4) is 11.4 Å². The van der Waals surface area contributed by atoms with Gasteiger partial charge in [0.15, 0.2) is 17.5 Å². The maximum absolute atomic E-state index is 15.4. The first-order chi connectivity index (χ1) is 17.7. The number of carbonyl (C=O) groups excluding carboxylic acids is 1. The van der Waals surface area contributed by atoms with Gasteiger partial charge in [-0.1, -0.05) is 32.3 Å². The first kappa shape index (κ1) is 24.5. The van der Waals surface area contributed by atoms with Crippen LogP contribution in [-0.2, 0) is 18.9 Å². The van der Waals surface area contributed by atoms with E-state index in [1.165, 1.54) is 12.4 Å². The fourth-order valence-electron chi connectivity index (χ4n) is 4.24. The summed E-state index contributed by atoms with van der Waals surface area (Å²) in [6.07, 6.45) is 6.31. The van der Waals surface area contributed by atoms with Crippen LogP contribution in [0.1, 0.15) is 73.7 Å². The van der Waals surface area contributed by atoms with E-state index >= 15 is 4.39 Å². The van der Waals surface area contributed by atoms with Crippen LogP contribution in [0, 0.1) is 5.82 Å². The molecule has 0 radical (unpaired) electrons. The zero-order valence-corrected chi connectivity index (χ0v) is 21.1. The molecule has 1 unspecified atom stereocenters. The van der Waals surface area contributed by atoms with E-state index in [-0.39, 0.29) is 28.6 Å². The number of amides is 1. The first-order valence-electron chi connectivity index (χ1n) is 12.1. The highest BCUT2D eigenvalue weighted by Gasteiger charge is 2.28. The van der Waals surface area contributed by atoms with Gasteiger partial charge in [0, 0.05) is 24.7 Å². The number of aromatic nitrogens is 7. The third-order valence-electron chi connectivity index (χ3n) is 6.16. The van der Waals surface area contributed by atoms with Crippen molar-refractivity contribution in [2.75, 3.05) is 5.32 Å². The number of halogens is 1. The van der Waals surface area contributed by atoms with Crippen molar-refractivity contribution in [3.05, 3.63) is 59.4 Å². The maximum atomic E-state index is 15.4. The first-order valence-corrected chi connectivity index (χ1v) is 12.1. The number of benzene rings is 1. The smallest absolute Gasteiger partial charge is 0.315 e. The van der Waals surface area contributed by atoms with Crippen molar-refractivity contribution >= 4 is 17.7 Å². The molecule has 37 heavy (non-hydrogen) atoms. The summed E-state index contributed by atoms with van der Waals surface area (Å²) in [5.74, 6) is 0.415. The number of hydrogen-bond donors (Lipinski definition) is 2. The lowest BCUT2D eigenvalue weighted by Gasteiger charge is -2.19. The van der Waals surface area contributed by atoms with Crippen molar-refractivity contribution in [3.63, 3.8) is 0 Å². The Hall–Kier alpha value is -4.22. The minimum Gasteiger partial charge on any atom is -0.341 e. The summed E-state index contributed by atoms with van der Waals surface area (Å²) in [7, 11) is 1.80. The second-order valence-electron chi connectivity index (χ2n) is 10.1. The van der Waals surface area contributed by atoms with Gasteiger partial charge in [0.25, 0.3) is 0 Å². The van der Waals surface area contributed by atoms with Gasteiger partial charge in [-0.05, 0) is 42.5 Å². The molecule has 2 N–H and O–H groups in total. The summed E-state index contributed by atoms with van der Waals surface area (Å²) in [6.45, 7) is 5.81. The average molecular weight is 506 g/mol. The van der Waals surface area contributed by atoms with Gasteiger partial charge >= 0.3 is 11.8 Å². The molecule has 0 saturated heterocycles. The summed E-state index contributed by atoms with van der Waals surface area (Å²) >= 11 is 0. The number of fused-ring (bicyclic) bond motifs is 1. The fraction of sp³-hybridized carbons (Fsp3) is 0.400. The number of anilines is 2. The van der Waals surface area contributed by atoms with Gasteiger partial charge in [-0.15, -0.1) is 0 Å². The third-order valence-corrected chi connectivity index (χ3v) is 6.16. The molecule has 0 spiro atoms. The standard InChI is InChI=1S/C25H28FN9O2/c1-25(2,3)23-32-22(37-34-23)21(36)29-18-8-6-5-7-14-11-16(17(26)12-15(14)18)20-27-13-28-24(31-20)30-19-9-10-35(4)33-19/h9-13,18H,5-8H2,1-4H3,(H,29,36)(H,27,28,30,31,33). The van der Waals surface area contributed by atoms with E-state index in [1.54, 1.807) is 30.1 Å². The van der Waals surface area contributed by atoms with Crippen LogP contribution in [0.5, 0.6) is 0 Å². The maximum Gasteiger partial charge on any atom is 0.315 e. The largest absolute Gasteiger partial charge is 0.341 e. The number of nitrogens with zero attached hydrogens (tertiary/aromatic N) is 7. The molecule has 192 valence electrons. The zero-order chi connectivity index (χ0) is 26.2. The molecule has 12 heteroatoms. The van der Waals surface area contributed by atoms with E-state index in [9.17, 15) is 4.79 Å². The van der Waals surface area contributed by atoms with Crippen molar-refractivity contribution in [1.82, 2.24) is 40.2 Å². The molecule has 0 aliphatic heterocycles. The highest BCUT2D eigenvalue weighted by atomic mass is 19.1. The molecule has 1 atom stereocenters. The Morgan fingerprint density at radius 1 is 1.19 bits per heavy atom. The normalized spacial score (nSPS) is 15.6. The number of hydrogen-bond acceptors (Lipinski definition) is 9. The molecule has 1 aliphatic rings. The Kier molecular flexibility index (Phi) is 6.40. The average Bonchev–Trinajstić information content (AvgIpc) is 3.47. The SMILES string of the molecule is Cn1ccc(Nc2ncnc(-c3cc4c(cc3F)C(NC(=O)c3nc(C(C)(C)C)no3)CCCC4)n2)n1. The van der Waals surface area contributed by atoms with Gasteiger partial charge in [-0.3, -0.25) is 9.48 Å². The van der Waals surface area contributed by atoms with Gasteiger partial charge in [0.05, 0.1) is 11.6 Å². The minimum absolute atomic E-state index is 0.106. The van der Waals surface area contributed by atoms with E-state index in [1.807, 2.05) is 20.8 Å². The van der Waals surface area contributed by atoms with E-state index in [0.717, 1.165) is 30.4 Å². The van der Waals surface area contributed by atoms with Crippen LogP contribution in [0.2, 0.25) is 0 Å². The summed E-state index contributed by atoms with van der Waals surface area (Å²) < 4.78 is 22.3. The lowest BCUT2D eigenvalue weighted by atomic mass is 9.95. The van der Waals surface area contributed by atoms with Crippen LogP contribution in [0.15, 0.2) is 35.2 Å². The predicted octanol–water partition coefficient (Wildman–Crippen LogP) is 4.03. The van der Waals surface area contributed by atoms with Crippen molar-refractivity contribution in [2.24, 2.45) is 7.05 Å². The topological polar surface area (TPSA) is 137 Å². The lowest BCUT2D eigenvalue weighted by Crippen LogP contribution is -2.29. The van der Waals surface area contributed by atoms with Crippen molar-refractivity contribution < 1.29 is 13.7 Å². The van der Waals surface area contributed by atoms with Gasteiger partial charge in [0.2, 0.25) is 5.95 Å². The molecule has 0 fully saturated rings. The molecular weight excluding hydrogens is 477 g/mol. The lowest BCUT2D eigenvalue weighted by molar-refractivity contribution is 0.0890. The Bertz CT molecular complexity index is 1440. The quantitative estimate of drug-likeness (QED) is 0.385. The van der Waals surface area contributed by atoms with Crippen molar-refractivity contribution in [1.29, 1.82) is 0 Å². The van der Waals surface area contributed by atoms with Crippen LogP contribution < -0.4 is 10.6 Å². The molecule has 11 nitrogen and oxygen atoms in total. The molecule has 3 heterocycles. The molecule has 0 bridgehead atoms. The summed E-state index contributed by atoms with van der Waals surface area (Å²) in [5.41, 5.74) is 1.57. The van der Waals surface area contributed by atoms with Crippen LogP contribution in [-0.4, -0.2) is 40.8 Å². The van der Waals surface area contributed by atoms with E-state index in [0.29, 0.717) is 18.1 Å². The molecule has 5 rings (SSSR count). The van der Waals surface area contributed by atoms with Crippen molar-refractivity contribution in [2.45, 2.75) is 57.9 Å². The molecule has 0 saturated carbocycles. The van der Waals surface area contributed by atoms with Crippen LogP contribution >= 0.6 is 0 Å². The number of nitrogens with one attached hydrogen (secondary N) is 2. The summed E-state index contributed by atoms with van der Waals surface area (Å²) in [4.78, 5) is 29.8. The molecule has 1 aromatic carbocycles. The number of carbonyl (C=O) groups is 1. The van der Waals surface area contributed by atoms with Crippen LogP contribution in [0.3, 0.4) is 0 Å². The Morgan fingerprint density at radius 3 is 2.76 bits per heavy atom. The van der Waals surface area contributed by atoms with E-state index in [4.69, 9.17) is 4.52 Å². The van der Waals surface area contributed by atoms with Crippen LogP contribution in [0.25, 0.3) is 11.4 Å². The van der Waals surface area contributed by atoms with Gasteiger partial charge in [0.1, 0.15) is 12.1 Å². The monoisotopic (exact) mass is 505 g/mol. The van der Waals surface area contributed by atoms with Gasteiger partial charge < -0.3 is 15.2 Å². The molecular formula is C25H28FN9O2. The highest BCUT2D eigenvalue weighted by molar-refractivity contribution is 5.89. The minimum atomic E-state index is -0.484. The Labute approximate surface area is 212 Å². The Balaban J connectivity index is 1.40. The molecule has 3 aromatic heterocycles. The third kappa shape index (κ3) is 5.32. The Morgan fingerprint density at radius 2 is 2.03 bits per heavy atom. The van der Waals surface area contributed by atoms with Gasteiger partial charge in [-0.2, -0.15) is 15.1 Å². The van der Waals surface area contributed by atoms with Crippen LogP contribution in [0.4, 0.5) is 16.2 Å². The predicted molar refractivity (Wildman–Crippen MR) is 132 cm³/mol. The second kappa shape index (κ2) is 9.68. The fourth-order valence-corrected chi connectivity index (χ4v) is 4.24. The van der Waals surface area contributed by atoms with Gasteiger partial charge in [-0.25, -0.2) is 14.4 Å². The number of aryl methyl sites for hydroxylation is 2. The zero-order valence-electron chi connectivity index (χ0n) is 21.1. The molecule has 1 amide bonds. The molecule has 4 aromatic rings. The highest BCUT2D eigenvalue weighted by Crippen LogP contribution is 2.33. The molecule has 1 aliphatic carbocycles. The second-order valence-corrected chi connectivity index (χ2v) is 10.1. The van der Waals surface area contributed by atoms with E-state index < -0.39 is 17.8 Å².